The van der Waals surface area contributed by atoms with Crippen molar-refractivity contribution in [3.63, 3.8) is 0 Å². The minimum absolute atomic E-state index is 0.0151. The first-order chi connectivity index (χ1) is 16.9. The van der Waals surface area contributed by atoms with Crippen molar-refractivity contribution in [3.05, 3.63) is 46.3 Å². The van der Waals surface area contributed by atoms with Gasteiger partial charge in [-0.2, -0.15) is 0 Å². The Kier molecular flexibility index (Phi) is 7.07. The van der Waals surface area contributed by atoms with Crippen molar-refractivity contribution in [3.8, 4) is 0 Å². The number of thiophene rings is 1. The van der Waals surface area contributed by atoms with Crippen molar-refractivity contribution in [2.45, 2.75) is 68.6 Å². The maximum atomic E-state index is 12.7. The number of fused-ring (bicyclic) bond motifs is 5. The van der Waals surface area contributed by atoms with Crippen LogP contribution in [0.15, 0.2) is 40.6 Å². The molecule has 0 radical (unpaired) electrons. The van der Waals surface area contributed by atoms with Gasteiger partial charge in [0.25, 0.3) is 0 Å². The van der Waals surface area contributed by atoms with Gasteiger partial charge in [-0.1, -0.05) is 60.8 Å². The molecule has 1 aromatic carbocycles. The molecule has 0 fully saturated rings. The fourth-order valence-corrected chi connectivity index (χ4v) is 6.93. The Labute approximate surface area is 217 Å². The Morgan fingerprint density at radius 3 is 2.83 bits per heavy atom. The summed E-state index contributed by atoms with van der Waals surface area (Å²) in [5, 5.41) is 14.7. The monoisotopic (exact) mass is 527 g/mol. The van der Waals surface area contributed by atoms with Crippen LogP contribution >= 0.6 is 34.9 Å². The van der Waals surface area contributed by atoms with E-state index >= 15 is 0 Å². The van der Waals surface area contributed by atoms with Crippen molar-refractivity contribution in [2.75, 3.05) is 12.0 Å². The molecule has 4 heterocycles. The molecule has 10 heteroatoms. The van der Waals surface area contributed by atoms with Crippen LogP contribution in [0.25, 0.3) is 15.9 Å². The summed E-state index contributed by atoms with van der Waals surface area (Å²) in [7, 11) is 0. The Balaban J connectivity index is 1.38. The first kappa shape index (κ1) is 24.5. The van der Waals surface area contributed by atoms with Gasteiger partial charge in [0.05, 0.1) is 23.3 Å². The smallest absolute Gasteiger partial charge is 0.230 e. The van der Waals surface area contributed by atoms with E-state index in [0.717, 1.165) is 40.3 Å². The third kappa shape index (κ3) is 4.94. The lowest BCUT2D eigenvalue weighted by Gasteiger charge is -2.32. The number of aromatic nitrogens is 4. The van der Waals surface area contributed by atoms with Crippen molar-refractivity contribution in [2.24, 2.45) is 0 Å². The average molecular weight is 528 g/mol. The van der Waals surface area contributed by atoms with E-state index in [0.29, 0.717) is 11.8 Å². The SMILES string of the molecule is CCC1(C)Cc2c(sc3nc(SC)n4c(SCC(=O)NC(C)Cc5ccccc5)nnc4c23)CO1. The molecular weight excluding hydrogens is 499 g/mol. The van der Waals surface area contributed by atoms with E-state index in [-0.39, 0.29) is 23.3 Å². The van der Waals surface area contributed by atoms with Gasteiger partial charge in [0.1, 0.15) is 4.83 Å². The van der Waals surface area contributed by atoms with Crippen LogP contribution in [-0.2, 0) is 29.0 Å². The molecule has 2 unspecified atom stereocenters. The van der Waals surface area contributed by atoms with Gasteiger partial charge < -0.3 is 10.1 Å². The van der Waals surface area contributed by atoms with Crippen LogP contribution in [0.3, 0.4) is 0 Å². The zero-order valence-corrected chi connectivity index (χ0v) is 22.8. The molecular formula is C25H29N5O2S3. The third-order valence-electron chi connectivity index (χ3n) is 6.47. The van der Waals surface area contributed by atoms with E-state index in [2.05, 4.69) is 41.5 Å². The van der Waals surface area contributed by atoms with Gasteiger partial charge in [0, 0.05) is 17.3 Å². The van der Waals surface area contributed by atoms with E-state index in [1.54, 1.807) is 23.1 Å². The summed E-state index contributed by atoms with van der Waals surface area (Å²) in [4.78, 5) is 19.8. The van der Waals surface area contributed by atoms with Gasteiger partial charge in [-0.3, -0.25) is 4.79 Å². The van der Waals surface area contributed by atoms with Crippen molar-refractivity contribution in [1.82, 2.24) is 24.9 Å². The second-order valence-electron chi connectivity index (χ2n) is 9.14. The summed E-state index contributed by atoms with van der Waals surface area (Å²) in [5.74, 6) is 0.258. The molecule has 5 rings (SSSR count). The Morgan fingerprint density at radius 1 is 1.29 bits per heavy atom. The topological polar surface area (TPSA) is 81.4 Å². The molecule has 1 aliphatic rings. The molecule has 2 atom stereocenters. The summed E-state index contributed by atoms with van der Waals surface area (Å²) >= 11 is 4.65. The summed E-state index contributed by atoms with van der Waals surface area (Å²) in [6.07, 6.45) is 4.59. The lowest BCUT2D eigenvalue weighted by atomic mass is 9.90. The number of ether oxygens (including phenoxy) is 1. The Bertz CT molecular complexity index is 1370. The number of hydrogen-bond acceptors (Lipinski definition) is 8. The number of rotatable bonds is 8. The largest absolute Gasteiger partial charge is 0.369 e. The van der Waals surface area contributed by atoms with E-state index < -0.39 is 0 Å². The third-order valence-corrected chi connectivity index (χ3v) is 9.14. The van der Waals surface area contributed by atoms with Gasteiger partial charge in [0.15, 0.2) is 16.0 Å². The first-order valence-corrected chi connectivity index (χ1v) is 14.8. The highest BCUT2D eigenvalue weighted by atomic mass is 32.2. The van der Waals surface area contributed by atoms with E-state index in [1.165, 1.54) is 27.8 Å². The zero-order chi connectivity index (χ0) is 24.6. The second kappa shape index (κ2) is 10.1. The van der Waals surface area contributed by atoms with Crippen molar-refractivity contribution < 1.29 is 9.53 Å². The molecule has 7 nitrogen and oxygen atoms in total. The van der Waals surface area contributed by atoms with Crippen LogP contribution in [0, 0.1) is 0 Å². The molecule has 3 aromatic heterocycles. The second-order valence-corrected chi connectivity index (χ2v) is 11.9. The quantitative estimate of drug-likeness (QED) is 0.251. The van der Waals surface area contributed by atoms with Crippen LogP contribution in [0.4, 0.5) is 0 Å². The summed E-state index contributed by atoms with van der Waals surface area (Å²) in [5.41, 5.74) is 3.13. The van der Waals surface area contributed by atoms with Crippen LogP contribution in [0.5, 0.6) is 0 Å². The van der Waals surface area contributed by atoms with Gasteiger partial charge in [-0.25, -0.2) is 9.38 Å². The van der Waals surface area contributed by atoms with Gasteiger partial charge in [-0.15, -0.1) is 21.5 Å². The minimum atomic E-state index is -0.178. The normalized spacial score (nSPS) is 18.6. The standard InChI is InChI=1S/C25H29N5O2S3/c1-5-25(3)12-17-18(13-32-25)35-22-20(17)21-28-29-24(30(21)23(27-22)33-4)34-14-19(31)26-15(2)11-16-9-7-6-8-10-16/h6-10,15H,5,11-14H2,1-4H3,(H,26,31). The molecule has 1 amide bonds. The Morgan fingerprint density at radius 2 is 2.09 bits per heavy atom. The number of thioether (sulfide) groups is 2. The molecule has 0 saturated carbocycles. The van der Waals surface area contributed by atoms with Gasteiger partial charge >= 0.3 is 0 Å². The molecule has 0 spiro atoms. The van der Waals surface area contributed by atoms with Gasteiger partial charge in [0.2, 0.25) is 5.91 Å². The highest BCUT2D eigenvalue weighted by molar-refractivity contribution is 8.00. The van der Waals surface area contributed by atoms with Crippen LogP contribution in [0.2, 0.25) is 0 Å². The number of nitrogens with zero attached hydrogens (tertiary/aromatic N) is 4. The molecule has 0 saturated heterocycles. The average Bonchev–Trinajstić information content (AvgIpc) is 3.43. The fourth-order valence-electron chi connectivity index (χ4n) is 4.44. The van der Waals surface area contributed by atoms with Crippen LogP contribution in [0.1, 0.15) is 43.2 Å². The molecule has 0 bridgehead atoms. The van der Waals surface area contributed by atoms with E-state index in [9.17, 15) is 4.79 Å². The first-order valence-electron chi connectivity index (χ1n) is 11.7. The number of amides is 1. The summed E-state index contributed by atoms with van der Waals surface area (Å²) in [6, 6.07) is 10.2. The molecule has 0 aliphatic carbocycles. The number of carbonyl (C=O) groups is 1. The number of carbonyl (C=O) groups excluding carboxylic acids is 1. The molecule has 1 aliphatic heterocycles. The maximum absolute atomic E-state index is 12.7. The van der Waals surface area contributed by atoms with E-state index in [1.807, 2.05) is 35.8 Å². The van der Waals surface area contributed by atoms with Crippen molar-refractivity contribution in [1.29, 1.82) is 0 Å². The minimum Gasteiger partial charge on any atom is -0.369 e. The maximum Gasteiger partial charge on any atom is 0.230 e. The van der Waals surface area contributed by atoms with Crippen LogP contribution < -0.4 is 5.32 Å². The van der Waals surface area contributed by atoms with Crippen LogP contribution in [-0.4, -0.2) is 49.1 Å². The highest BCUT2D eigenvalue weighted by Gasteiger charge is 2.33. The van der Waals surface area contributed by atoms with E-state index in [4.69, 9.17) is 9.72 Å². The molecule has 35 heavy (non-hydrogen) atoms. The molecule has 4 aromatic rings. The lowest BCUT2D eigenvalue weighted by Crippen LogP contribution is -2.35. The zero-order valence-electron chi connectivity index (χ0n) is 20.3. The highest BCUT2D eigenvalue weighted by Crippen LogP contribution is 2.42. The molecule has 1 N–H and O–H groups in total. The lowest BCUT2D eigenvalue weighted by molar-refractivity contribution is -0.119. The predicted molar refractivity (Wildman–Crippen MR) is 144 cm³/mol. The summed E-state index contributed by atoms with van der Waals surface area (Å²) in [6.45, 7) is 6.97. The number of benzene rings is 1. The Hall–Kier alpha value is -2.14. The summed E-state index contributed by atoms with van der Waals surface area (Å²) < 4.78 is 8.17. The fraction of sp³-hybridized carbons (Fsp3) is 0.440. The molecule has 184 valence electrons. The number of nitrogens with one attached hydrogen (secondary N) is 1. The van der Waals surface area contributed by atoms with Gasteiger partial charge in [-0.05, 0) is 44.1 Å². The predicted octanol–water partition coefficient (Wildman–Crippen LogP) is 5.14. The van der Waals surface area contributed by atoms with Crippen molar-refractivity contribution >= 4 is 56.6 Å². The number of hydrogen-bond donors (Lipinski definition) is 1.